The first-order chi connectivity index (χ1) is 8.76. The van der Waals surface area contributed by atoms with Gasteiger partial charge in [-0.3, -0.25) is 9.69 Å². The van der Waals surface area contributed by atoms with Crippen LogP contribution in [0.3, 0.4) is 0 Å². The van der Waals surface area contributed by atoms with Gasteiger partial charge in [0.05, 0.1) is 13.0 Å². The number of methoxy groups -OCH3 is 1. The molecule has 1 aliphatic carbocycles. The quantitative estimate of drug-likeness (QED) is 0.724. The van der Waals surface area contributed by atoms with E-state index in [9.17, 15) is 4.79 Å². The van der Waals surface area contributed by atoms with Crippen molar-refractivity contribution >= 4 is 5.97 Å². The monoisotopic (exact) mass is 253 g/mol. The summed E-state index contributed by atoms with van der Waals surface area (Å²) in [5.74, 6) is 0.946. The molecule has 0 aromatic rings. The summed E-state index contributed by atoms with van der Waals surface area (Å²) in [6, 6.07) is 0.719. The van der Waals surface area contributed by atoms with Crippen LogP contribution in [0.2, 0.25) is 0 Å². The molecule has 0 bridgehead atoms. The van der Waals surface area contributed by atoms with Crippen molar-refractivity contribution in [3.63, 3.8) is 0 Å². The van der Waals surface area contributed by atoms with Crippen molar-refractivity contribution in [1.82, 2.24) is 4.90 Å². The lowest BCUT2D eigenvalue weighted by atomic mass is 9.80. The minimum atomic E-state index is -0.0106. The maximum Gasteiger partial charge on any atom is 0.309 e. The summed E-state index contributed by atoms with van der Waals surface area (Å²) in [4.78, 5) is 14.3. The first-order valence-corrected chi connectivity index (χ1v) is 7.58. The molecule has 2 unspecified atom stereocenters. The van der Waals surface area contributed by atoms with Crippen LogP contribution < -0.4 is 0 Å². The van der Waals surface area contributed by atoms with E-state index in [-0.39, 0.29) is 11.9 Å². The summed E-state index contributed by atoms with van der Waals surface area (Å²) in [5.41, 5.74) is 0. The van der Waals surface area contributed by atoms with Gasteiger partial charge in [-0.25, -0.2) is 0 Å². The lowest BCUT2D eigenvalue weighted by molar-refractivity contribution is -0.148. The minimum Gasteiger partial charge on any atom is -0.469 e. The predicted molar refractivity (Wildman–Crippen MR) is 72.4 cm³/mol. The van der Waals surface area contributed by atoms with Gasteiger partial charge in [-0.2, -0.15) is 0 Å². The number of esters is 1. The number of carbonyl (C=O) groups is 1. The Labute approximate surface area is 111 Å². The lowest BCUT2D eigenvalue weighted by Gasteiger charge is -2.43. The fraction of sp³-hybridized carbons (Fsp3) is 0.933. The molecular weight excluding hydrogens is 226 g/mol. The third-order valence-electron chi connectivity index (χ3n) is 4.85. The standard InChI is InChI=1S/C15H27NO2/c1-3-12-7-4-5-9-14(12)16-10-6-8-13(11-16)15(17)18-2/h12-14H,3-11H2,1-2H3/t12?,13-,14?/m0/s1. The Morgan fingerprint density at radius 1 is 1.22 bits per heavy atom. The van der Waals surface area contributed by atoms with Crippen molar-refractivity contribution in [2.45, 2.75) is 57.9 Å². The Balaban J connectivity index is 1.96. The molecule has 0 N–H and O–H groups in total. The van der Waals surface area contributed by atoms with Gasteiger partial charge in [-0.05, 0) is 38.1 Å². The van der Waals surface area contributed by atoms with E-state index in [1.54, 1.807) is 0 Å². The minimum absolute atomic E-state index is 0.0106. The second-order valence-electron chi connectivity index (χ2n) is 5.88. The van der Waals surface area contributed by atoms with Gasteiger partial charge in [-0.1, -0.05) is 26.2 Å². The van der Waals surface area contributed by atoms with Crippen LogP contribution in [0.15, 0.2) is 0 Å². The molecule has 1 saturated carbocycles. The third kappa shape index (κ3) is 3.05. The van der Waals surface area contributed by atoms with Crippen molar-refractivity contribution in [1.29, 1.82) is 0 Å². The zero-order valence-electron chi connectivity index (χ0n) is 11.9. The summed E-state index contributed by atoms with van der Waals surface area (Å²) >= 11 is 0. The fourth-order valence-corrected chi connectivity index (χ4v) is 3.81. The van der Waals surface area contributed by atoms with Crippen LogP contribution in [0.5, 0.6) is 0 Å². The van der Waals surface area contributed by atoms with Gasteiger partial charge in [0.1, 0.15) is 0 Å². The average Bonchev–Trinajstić information content (AvgIpc) is 2.46. The molecule has 2 rings (SSSR count). The van der Waals surface area contributed by atoms with E-state index in [1.165, 1.54) is 45.8 Å². The number of carbonyl (C=O) groups excluding carboxylic acids is 1. The molecule has 0 aromatic heterocycles. The van der Waals surface area contributed by atoms with Crippen molar-refractivity contribution < 1.29 is 9.53 Å². The average molecular weight is 253 g/mol. The summed E-state index contributed by atoms with van der Waals surface area (Å²) in [7, 11) is 1.51. The maximum absolute atomic E-state index is 11.7. The summed E-state index contributed by atoms with van der Waals surface area (Å²) in [5, 5.41) is 0. The second-order valence-corrected chi connectivity index (χ2v) is 5.88. The topological polar surface area (TPSA) is 29.5 Å². The number of hydrogen-bond donors (Lipinski definition) is 0. The van der Waals surface area contributed by atoms with Crippen LogP contribution in [0.25, 0.3) is 0 Å². The molecule has 0 radical (unpaired) electrons. The van der Waals surface area contributed by atoms with Gasteiger partial charge in [0, 0.05) is 12.6 Å². The van der Waals surface area contributed by atoms with E-state index in [1.807, 2.05) is 0 Å². The van der Waals surface area contributed by atoms with Gasteiger partial charge >= 0.3 is 5.97 Å². The lowest BCUT2D eigenvalue weighted by Crippen LogP contribution is -2.48. The Hall–Kier alpha value is -0.570. The number of hydrogen-bond acceptors (Lipinski definition) is 3. The summed E-state index contributed by atoms with van der Waals surface area (Å²) in [6.07, 6.45) is 8.89. The second kappa shape index (κ2) is 6.55. The Morgan fingerprint density at radius 2 is 2.00 bits per heavy atom. The largest absolute Gasteiger partial charge is 0.469 e. The highest BCUT2D eigenvalue weighted by Crippen LogP contribution is 2.33. The zero-order valence-corrected chi connectivity index (χ0v) is 11.9. The van der Waals surface area contributed by atoms with Crippen LogP contribution in [0, 0.1) is 11.8 Å². The number of piperidine rings is 1. The number of ether oxygens (including phenoxy) is 1. The van der Waals surface area contributed by atoms with E-state index in [4.69, 9.17) is 4.74 Å². The zero-order chi connectivity index (χ0) is 13.0. The van der Waals surface area contributed by atoms with Gasteiger partial charge < -0.3 is 4.74 Å². The fourth-order valence-electron chi connectivity index (χ4n) is 3.81. The summed E-state index contributed by atoms with van der Waals surface area (Å²) < 4.78 is 4.91. The van der Waals surface area contributed by atoms with Crippen molar-refractivity contribution in [3.8, 4) is 0 Å². The molecule has 1 saturated heterocycles. The Kier molecular flexibility index (Phi) is 5.04. The molecule has 18 heavy (non-hydrogen) atoms. The first kappa shape index (κ1) is 13.9. The predicted octanol–water partition coefficient (Wildman–Crippen LogP) is 2.84. The van der Waals surface area contributed by atoms with E-state index in [0.717, 1.165) is 31.3 Å². The van der Waals surface area contributed by atoms with Crippen LogP contribution in [-0.4, -0.2) is 37.1 Å². The molecule has 104 valence electrons. The van der Waals surface area contributed by atoms with Crippen LogP contribution in [-0.2, 0) is 9.53 Å². The summed E-state index contributed by atoms with van der Waals surface area (Å²) in [6.45, 7) is 4.41. The van der Waals surface area contributed by atoms with Gasteiger partial charge in [0.25, 0.3) is 0 Å². The van der Waals surface area contributed by atoms with Crippen molar-refractivity contribution in [2.75, 3.05) is 20.2 Å². The van der Waals surface area contributed by atoms with Crippen LogP contribution in [0.1, 0.15) is 51.9 Å². The number of rotatable bonds is 3. The highest BCUT2D eigenvalue weighted by atomic mass is 16.5. The molecule has 3 heteroatoms. The Morgan fingerprint density at radius 3 is 2.72 bits per heavy atom. The molecule has 3 nitrogen and oxygen atoms in total. The SMILES string of the molecule is CCC1CCCCC1N1CCC[C@H](C(=O)OC)C1. The molecule has 0 amide bonds. The highest BCUT2D eigenvalue weighted by molar-refractivity contribution is 5.72. The molecule has 0 spiro atoms. The first-order valence-electron chi connectivity index (χ1n) is 7.58. The van der Waals surface area contributed by atoms with Gasteiger partial charge in [0.2, 0.25) is 0 Å². The molecule has 2 aliphatic rings. The molecular formula is C15H27NO2. The van der Waals surface area contributed by atoms with Gasteiger partial charge in [0.15, 0.2) is 0 Å². The number of likely N-dealkylation sites (tertiary alicyclic amines) is 1. The van der Waals surface area contributed by atoms with Crippen molar-refractivity contribution in [2.24, 2.45) is 11.8 Å². The smallest absolute Gasteiger partial charge is 0.309 e. The van der Waals surface area contributed by atoms with Crippen LogP contribution in [0.4, 0.5) is 0 Å². The highest BCUT2D eigenvalue weighted by Gasteiger charge is 2.34. The third-order valence-corrected chi connectivity index (χ3v) is 4.85. The molecule has 1 heterocycles. The van der Waals surface area contributed by atoms with Gasteiger partial charge in [-0.15, -0.1) is 0 Å². The molecule has 1 aliphatic heterocycles. The van der Waals surface area contributed by atoms with E-state index < -0.39 is 0 Å². The molecule has 2 fully saturated rings. The van der Waals surface area contributed by atoms with Crippen LogP contribution >= 0.6 is 0 Å². The Bertz CT molecular complexity index is 280. The van der Waals surface area contributed by atoms with E-state index >= 15 is 0 Å². The molecule has 3 atom stereocenters. The number of nitrogens with zero attached hydrogens (tertiary/aromatic N) is 1. The van der Waals surface area contributed by atoms with E-state index in [2.05, 4.69) is 11.8 Å². The van der Waals surface area contributed by atoms with E-state index in [0.29, 0.717) is 0 Å². The van der Waals surface area contributed by atoms with Crippen molar-refractivity contribution in [3.05, 3.63) is 0 Å². The molecule has 0 aromatic carbocycles. The normalized spacial score (nSPS) is 34.2. The maximum atomic E-state index is 11.7.